The van der Waals surface area contributed by atoms with Crippen molar-refractivity contribution in [3.8, 4) is 11.5 Å². The zero-order valence-corrected chi connectivity index (χ0v) is 10.8. The highest BCUT2D eigenvalue weighted by Gasteiger charge is 2.16. The zero-order chi connectivity index (χ0) is 13.9. The Bertz CT molecular complexity index is 618. The molecule has 1 atom stereocenters. The summed E-state index contributed by atoms with van der Waals surface area (Å²) in [7, 11) is 0. The van der Waals surface area contributed by atoms with Crippen molar-refractivity contribution in [2.45, 2.75) is 12.5 Å². The number of aliphatic hydroxyl groups is 1. The van der Waals surface area contributed by atoms with Crippen LogP contribution in [0, 0.1) is 5.82 Å². The van der Waals surface area contributed by atoms with Crippen molar-refractivity contribution in [3.05, 3.63) is 53.6 Å². The summed E-state index contributed by atoms with van der Waals surface area (Å²) in [5.74, 6) is 0.787. The number of aromatic nitrogens is 1. The van der Waals surface area contributed by atoms with E-state index in [1.54, 1.807) is 18.2 Å². The Balaban J connectivity index is 1.92. The van der Waals surface area contributed by atoms with Gasteiger partial charge in [-0.2, -0.15) is 0 Å². The minimum atomic E-state index is -0.949. The third-order valence-electron chi connectivity index (χ3n) is 3.13. The predicted octanol–water partition coefficient (Wildman–Crippen LogP) is 2.46. The van der Waals surface area contributed by atoms with Crippen LogP contribution < -0.4 is 9.47 Å². The molecule has 0 fully saturated rings. The molecule has 2 aromatic rings. The summed E-state index contributed by atoms with van der Waals surface area (Å²) in [5, 5.41) is 10.3. The van der Waals surface area contributed by atoms with Crippen LogP contribution in [0.15, 0.2) is 36.7 Å². The number of hydrogen-bond acceptors (Lipinski definition) is 4. The van der Waals surface area contributed by atoms with Crippen LogP contribution in [-0.2, 0) is 0 Å². The molecule has 1 aromatic carbocycles. The number of halogens is 1. The van der Waals surface area contributed by atoms with Crippen molar-refractivity contribution < 1.29 is 19.0 Å². The Labute approximate surface area is 115 Å². The van der Waals surface area contributed by atoms with Crippen LogP contribution in [0.3, 0.4) is 0 Å². The molecule has 1 aromatic heterocycles. The Morgan fingerprint density at radius 3 is 2.65 bits per heavy atom. The average Bonchev–Trinajstić information content (AvgIpc) is 2.71. The molecule has 5 heteroatoms. The molecule has 1 N–H and O–H groups in total. The maximum Gasteiger partial charge on any atom is 0.161 e. The van der Waals surface area contributed by atoms with Gasteiger partial charge in [0.1, 0.15) is 11.9 Å². The number of fused-ring (bicyclic) bond motifs is 1. The van der Waals surface area contributed by atoms with Gasteiger partial charge in [0.15, 0.2) is 11.5 Å². The minimum absolute atomic E-state index is 0.402. The summed E-state index contributed by atoms with van der Waals surface area (Å²) < 4.78 is 24.3. The molecule has 20 heavy (non-hydrogen) atoms. The van der Waals surface area contributed by atoms with Crippen LogP contribution in [0.1, 0.15) is 23.7 Å². The Hall–Kier alpha value is -2.14. The van der Waals surface area contributed by atoms with E-state index >= 15 is 0 Å². The van der Waals surface area contributed by atoms with Crippen molar-refractivity contribution in [2.75, 3.05) is 13.2 Å². The first-order valence-electron chi connectivity index (χ1n) is 6.42. The molecule has 1 aliphatic heterocycles. The van der Waals surface area contributed by atoms with E-state index in [9.17, 15) is 9.50 Å². The zero-order valence-electron chi connectivity index (χ0n) is 10.8. The number of hydrogen-bond donors (Lipinski definition) is 1. The fraction of sp³-hybridized carbons (Fsp3) is 0.267. The summed E-state index contributed by atoms with van der Waals surface area (Å²) in [6.45, 7) is 1.19. The van der Waals surface area contributed by atoms with Gasteiger partial charge in [-0.1, -0.05) is 6.07 Å². The van der Waals surface area contributed by atoms with Gasteiger partial charge in [-0.05, 0) is 23.8 Å². The van der Waals surface area contributed by atoms with E-state index in [2.05, 4.69) is 4.98 Å². The van der Waals surface area contributed by atoms with Gasteiger partial charge < -0.3 is 14.6 Å². The van der Waals surface area contributed by atoms with Gasteiger partial charge in [0.2, 0.25) is 0 Å². The molecule has 4 nitrogen and oxygen atoms in total. The van der Waals surface area contributed by atoms with Crippen molar-refractivity contribution in [3.63, 3.8) is 0 Å². The molecule has 0 bridgehead atoms. The van der Waals surface area contributed by atoms with Crippen molar-refractivity contribution >= 4 is 0 Å². The largest absolute Gasteiger partial charge is 0.490 e. The normalized spacial score (nSPS) is 15.5. The van der Waals surface area contributed by atoms with Crippen LogP contribution in [-0.4, -0.2) is 23.3 Å². The first kappa shape index (κ1) is 12.9. The van der Waals surface area contributed by atoms with Gasteiger partial charge in [-0.15, -0.1) is 0 Å². The van der Waals surface area contributed by atoms with E-state index in [0.29, 0.717) is 35.8 Å². The maximum atomic E-state index is 13.2. The molecule has 3 rings (SSSR count). The maximum absolute atomic E-state index is 13.2. The molecule has 0 spiro atoms. The number of benzene rings is 1. The summed E-state index contributed by atoms with van der Waals surface area (Å²) in [5.41, 5.74) is 1.01. The van der Waals surface area contributed by atoms with Crippen LogP contribution in [0.25, 0.3) is 0 Å². The monoisotopic (exact) mass is 275 g/mol. The molecule has 2 heterocycles. The van der Waals surface area contributed by atoms with Gasteiger partial charge in [-0.25, -0.2) is 4.39 Å². The molecule has 1 unspecified atom stereocenters. The Kier molecular flexibility index (Phi) is 3.52. The first-order chi connectivity index (χ1) is 9.74. The number of aliphatic hydroxyl groups excluding tert-OH is 1. The van der Waals surface area contributed by atoms with Crippen molar-refractivity contribution in [1.82, 2.24) is 4.98 Å². The molecule has 1 aliphatic rings. The van der Waals surface area contributed by atoms with Gasteiger partial charge in [-0.3, -0.25) is 4.98 Å². The smallest absolute Gasteiger partial charge is 0.161 e. The highest BCUT2D eigenvalue weighted by atomic mass is 19.1. The molecule has 0 aliphatic carbocycles. The van der Waals surface area contributed by atoms with Crippen molar-refractivity contribution in [1.29, 1.82) is 0 Å². The minimum Gasteiger partial charge on any atom is -0.490 e. The van der Waals surface area contributed by atoms with E-state index in [1.165, 1.54) is 12.3 Å². The lowest BCUT2D eigenvalue weighted by Gasteiger charge is -2.14. The molecular weight excluding hydrogens is 261 g/mol. The lowest BCUT2D eigenvalue weighted by atomic mass is 10.0. The second kappa shape index (κ2) is 5.46. The first-order valence-corrected chi connectivity index (χ1v) is 6.42. The highest BCUT2D eigenvalue weighted by Crippen LogP contribution is 2.33. The lowest BCUT2D eigenvalue weighted by molar-refractivity contribution is 0.218. The van der Waals surface area contributed by atoms with Gasteiger partial charge >= 0.3 is 0 Å². The van der Waals surface area contributed by atoms with E-state index in [1.807, 2.05) is 0 Å². The van der Waals surface area contributed by atoms with E-state index in [-0.39, 0.29) is 0 Å². The Morgan fingerprint density at radius 2 is 1.85 bits per heavy atom. The predicted molar refractivity (Wildman–Crippen MR) is 70.3 cm³/mol. The summed E-state index contributed by atoms with van der Waals surface area (Å²) >= 11 is 0. The van der Waals surface area contributed by atoms with Crippen LogP contribution in [0.5, 0.6) is 11.5 Å². The molecule has 0 radical (unpaired) electrons. The third kappa shape index (κ3) is 2.58. The number of nitrogens with zero attached hydrogens (tertiary/aromatic N) is 1. The van der Waals surface area contributed by atoms with Crippen LogP contribution in [0.4, 0.5) is 4.39 Å². The molecule has 0 amide bonds. The number of pyridine rings is 1. The molecule has 0 saturated carbocycles. The SMILES string of the molecule is OC(c1cncc(F)c1)c1ccc2c(c1)OCCCO2. The second-order valence-corrected chi connectivity index (χ2v) is 4.60. The van der Waals surface area contributed by atoms with E-state index in [4.69, 9.17) is 9.47 Å². The molecule has 0 saturated heterocycles. The number of rotatable bonds is 2. The van der Waals surface area contributed by atoms with Crippen LogP contribution >= 0.6 is 0 Å². The second-order valence-electron chi connectivity index (χ2n) is 4.60. The average molecular weight is 275 g/mol. The van der Waals surface area contributed by atoms with Crippen molar-refractivity contribution in [2.24, 2.45) is 0 Å². The lowest BCUT2D eigenvalue weighted by Crippen LogP contribution is -2.02. The third-order valence-corrected chi connectivity index (χ3v) is 3.13. The number of ether oxygens (including phenoxy) is 2. The standard InChI is InChI=1S/C15H14FNO3/c16-12-6-11(8-17-9-12)15(18)10-2-3-13-14(7-10)20-5-1-4-19-13/h2-3,6-9,15,18H,1,4-5H2. The highest BCUT2D eigenvalue weighted by molar-refractivity contribution is 5.45. The van der Waals surface area contributed by atoms with Gasteiger partial charge in [0, 0.05) is 18.2 Å². The van der Waals surface area contributed by atoms with E-state index < -0.39 is 11.9 Å². The summed E-state index contributed by atoms with van der Waals surface area (Å²) in [4.78, 5) is 3.74. The van der Waals surface area contributed by atoms with Gasteiger partial charge in [0.05, 0.1) is 19.4 Å². The molecular formula is C15H14FNO3. The summed E-state index contributed by atoms with van der Waals surface area (Å²) in [6.07, 6.45) is 2.41. The van der Waals surface area contributed by atoms with Crippen LogP contribution in [0.2, 0.25) is 0 Å². The quantitative estimate of drug-likeness (QED) is 0.914. The fourth-order valence-electron chi connectivity index (χ4n) is 2.12. The van der Waals surface area contributed by atoms with E-state index in [0.717, 1.165) is 12.6 Å². The Morgan fingerprint density at radius 1 is 1.05 bits per heavy atom. The van der Waals surface area contributed by atoms with Gasteiger partial charge in [0.25, 0.3) is 0 Å². The topological polar surface area (TPSA) is 51.6 Å². The molecule has 104 valence electrons. The summed E-state index contributed by atoms with van der Waals surface area (Å²) in [6, 6.07) is 6.48. The fourth-order valence-corrected chi connectivity index (χ4v) is 2.12.